The van der Waals surface area contributed by atoms with Crippen molar-refractivity contribution in [3.05, 3.63) is 81.9 Å². The number of piperidine rings is 1. The third-order valence-corrected chi connectivity index (χ3v) is 7.01. The lowest BCUT2D eigenvalue weighted by molar-refractivity contribution is 0.171. The summed E-state index contributed by atoms with van der Waals surface area (Å²) in [5, 5.41) is 10.2. The van der Waals surface area contributed by atoms with Gasteiger partial charge in [-0.2, -0.15) is 5.26 Å². The van der Waals surface area contributed by atoms with Crippen LogP contribution in [0.25, 0.3) is 11.0 Å². The predicted molar refractivity (Wildman–Crippen MR) is 140 cm³/mol. The molecule has 188 valence electrons. The average molecular weight is 497 g/mol. The highest BCUT2D eigenvalue weighted by atomic mass is 16.6. The maximum absolute atomic E-state index is 14.0. The fourth-order valence-electron chi connectivity index (χ4n) is 5.30. The van der Waals surface area contributed by atoms with Gasteiger partial charge in [-0.25, -0.2) is 4.98 Å². The molecule has 4 aromatic rings. The first-order valence-corrected chi connectivity index (χ1v) is 12.6. The molecule has 2 aromatic carbocycles. The molecular formula is C28H28N6O3. The van der Waals surface area contributed by atoms with Crippen LogP contribution < -0.4 is 25.7 Å². The minimum absolute atomic E-state index is 0.0169. The van der Waals surface area contributed by atoms with E-state index in [1.165, 1.54) is 6.33 Å². The number of nitrogens with two attached hydrogens (primary N) is 1. The van der Waals surface area contributed by atoms with E-state index in [2.05, 4.69) is 16.0 Å². The Kier molecular flexibility index (Phi) is 6.02. The number of rotatable bonds is 5. The number of nitriles is 1. The van der Waals surface area contributed by atoms with Crippen LogP contribution in [-0.4, -0.2) is 46.5 Å². The van der Waals surface area contributed by atoms with Crippen LogP contribution in [0.4, 0.5) is 5.82 Å². The smallest absolute Gasteiger partial charge is 0.278 e. The van der Waals surface area contributed by atoms with Gasteiger partial charge in [0.25, 0.3) is 5.56 Å². The first-order valence-electron chi connectivity index (χ1n) is 12.6. The third kappa shape index (κ3) is 4.30. The molecular weight excluding hydrogens is 468 g/mol. The lowest BCUT2D eigenvalue weighted by Gasteiger charge is -2.33. The van der Waals surface area contributed by atoms with Crippen LogP contribution >= 0.6 is 0 Å². The van der Waals surface area contributed by atoms with Crippen molar-refractivity contribution in [2.75, 3.05) is 31.2 Å². The summed E-state index contributed by atoms with van der Waals surface area (Å²) in [7, 11) is 0. The molecule has 1 fully saturated rings. The summed E-state index contributed by atoms with van der Waals surface area (Å²) in [4.78, 5) is 20.7. The van der Waals surface area contributed by atoms with Gasteiger partial charge in [-0.05, 0) is 36.1 Å². The Labute approximate surface area is 214 Å². The van der Waals surface area contributed by atoms with E-state index in [-0.39, 0.29) is 11.6 Å². The van der Waals surface area contributed by atoms with Gasteiger partial charge < -0.3 is 24.7 Å². The van der Waals surface area contributed by atoms with Gasteiger partial charge in [0.15, 0.2) is 11.5 Å². The highest BCUT2D eigenvalue weighted by molar-refractivity contribution is 5.89. The van der Waals surface area contributed by atoms with Crippen LogP contribution in [0, 0.1) is 11.3 Å². The Morgan fingerprint density at radius 1 is 1.05 bits per heavy atom. The van der Waals surface area contributed by atoms with Gasteiger partial charge in [0.1, 0.15) is 41.7 Å². The zero-order valence-electron chi connectivity index (χ0n) is 20.5. The van der Waals surface area contributed by atoms with Crippen molar-refractivity contribution in [3.8, 4) is 17.6 Å². The molecule has 0 radical (unpaired) electrons. The molecule has 0 amide bonds. The molecule has 0 aliphatic carbocycles. The van der Waals surface area contributed by atoms with Crippen molar-refractivity contribution in [1.82, 2.24) is 14.1 Å². The van der Waals surface area contributed by atoms with Crippen LogP contribution in [-0.2, 0) is 13.1 Å². The van der Waals surface area contributed by atoms with Gasteiger partial charge in [0, 0.05) is 25.7 Å². The standard InChI is InChI=1S/C28H28N6O3/c29-14-22-25-26(28(35)33(18-31-25)15-20-8-9-23-24(13-20)37-12-11-36-23)34(16-19-5-2-1-3-6-19)27(22)32-10-4-7-21(30)17-32/h1-3,5-6,8-9,13,18,21H,4,7,10-12,15-17,30H2. The largest absolute Gasteiger partial charge is 0.486 e. The molecule has 2 aliphatic rings. The Morgan fingerprint density at radius 2 is 1.86 bits per heavy atom. The Bertz CT molecular complexity index is 1550. The summed E-state index contributed by atoms with van der Waals surface area (Å²) in [6, 6.07) is 18.0. The number of hydrogen-bond acceptors (Lipinski definition) is 7. The summed E-state index contributed by atoms with van der Waals surface area (Å²) in [6.07, 6.45) is 3.40. The number of hydrogen-bond donors (Lipinski definition) is 1. The van der Waals surface area contributed by atoms with Crippen LogP contribution in [0.3, 0.4) is 0 Å². The van der Waals surface area contributed by atoms with Crippen molar-refractivity contribution < 1.29 is 9.47 Å². The van der Waals surface area contributed by atoms with Crippen molar-refractivity contribution >= 4 is 16.9 Å². The maximum Gasteiger partial charge on any atom is 0.278 e. The van der Waals surface area contributed by atoms with Gasteiger partial charge in [0.2, 0.25) is 0 Å². The van der Waals surface area contributed by atoms with E-state index in [1.807, 2.05) is 53.1 Å². The summed E-state index contributed by atoms with van der Waals surface area (Å²) in [5.74, 6) is 2.10. The van der Waals surface area contributed by atoms with Crippen LogP contribution in [0.5, 0.6) is 11.5 Å². The van der Waals surface area contributed by atoms with Crippen molar-refractivity contribution in [2.45, 2.75) is 32.0 Å². The molecule has 9 nitrogen and oxygen atoms in total. The molecule has 0 spiro atoms. The van der Waals surface area contributed by atoms with E-state index in [4.69, 9.17) is 15.2 Å². The molecule has 1 unspecified atom stereocenters. The van der Waals surface area contributed by atoms with Crippen molar-refractivity contribution in [3.63, 3.8) is 0 Å². The third-order valence-electron chi connectivity index (χ3n) is 7.01. The van der Waals surface area contributed by atoms with E-state index in [0.29, 0.717) is 60.9 Å². The molecule has 4 heterocycles. The van der Waals surface area contributed by atoms with E-state index in [1.54, 1.807) is 4.57 Å². The van der Waals surface area contributed by atoms with Gasteiger partial charge in [-0.3, -0.25) is 9.36 Å². The fourth-order valence-corrected chi connectivity index (χ4v) is 5.30. The molecule has 37 heavy (non-hydrogen) atoms. The van der Waals surface area contributed by atoms with E-state index in [9.17, 15) is 10.1 Å². The molecule has 2 N–H and O–H groups in total. The normalized spacial score (nSPS) is 17.1. The lowest BCUT2D eigenvalue weighted by atomic mass is 10.1. The molecule has 1 saturated heterocycles. The minimum Gasteiger partial charge on any atom is -0.486 e. The zero-order valence-corrected chi connectivity index (χ0v) is 20.5. The molecule has 6 rings (SSSR count). The number of anilines is 1. The highest BCUT2D eigenvalue weighted by Gasteiger charge is 2.28. The predicted octanol–water partition coefficient (Wildman–Crippen LogP) is 2.86. The van der Waals surface area contributed by atoms with E-state index in [0.717, 1.165) is 36.3 Å². The second-order valence-corrected chi connectivity index (χ2v) is 9.58. The Balaban J connectivity index is 1.49. The number of fused-ring (bicyclic) bond motifs is 2. The number of aromatic nitrogens is 3. The second kappa shape index (κ2) is 9.64. The molecule has 0 saturated carbocycles. The van der Waals surface area contributed by atoms with Gasteiger partial charge in [0.05, 0.1) is 12.9 Å². The fraction of sp³-hybridized carbons (Fsp3) is 0.321. The van der Waals surface area contributed by atoms with Gasteiger partial charge >= 0.3 is 0 Å². The molecule has 1 atom stereocenters. The quantitative estimate of drug-likeness (QED) is 0.452. The van der Waals surface area contributed by atoms with E-state index < -0.39 is 0 Å². The number of nitrogens with zero attached hydrogens (tertiary/aromatic N) is 5. The van der Waals surface area contributed by atoms with Crippen LogP contribution in [0.15, 0.2) is 59.7 Å². The van der Waals surface area contributed by atoms with Crippen LogP contribution in [0.2, 0.25) is 0 Å². The SMILES string of the molecule is N#Cc1c(N2CCCC(N)C2)n(Cc2ccccc2)c2c(=O)n(Cc3ccc4c(c3)OCCO4)cnc12. The maximum atomic E-state index is 14.0. The van der Waals surface area contributed by atoms with Crippen molar-refractivity contribution in [2.24, 2.45) is 5.73 Å². The van der Waals surface area contributed by atoms with Gasteiger partial charge in [-0.15, -0.1) is 0 Å². The lowest BCUT2D eigenvalue weighted by Crippen LogP contribution is -2.44. The highest BCUT2D eigenvalue weighted by Crippen LogP contribution is 2.33. The topological polar surface area (TPSA) is 111 Å². The number of ether oxygens (including phenoxy) is 2. The van der Waals surface area contributed by atoms with Crippen LogP contribution in [0.1, 0.15) is 29.5 Å². The summed E-state index contributed by atoms with van der Waals surface area (Å²) < 4.78 is 14.9. The summed E-state index contributed by atoms with van der Waals surface area (Å²) in [5.41, 5.74) is 9.32. The molecule has 2 aliphatic heterocycles. The monoisotopic (exact) mass is 496 g/mol. The van der Waals surface area contributed by atoms with E-state index >= 15 is 0 Å². The average Bonchev–Trinajstić information content (AvgIpc) is 3.24. The summed E-state index contributed by atoms with van der Waals surface area (Å²) >= 11 is 0. The number of benzene rings is 2. The Morgan fingerprint density at radius 3 is 2.65 bits per heavy atom. The first-order chi connectivity index (χ1) is 18.1. The second-order valence-electron chi connectivity index (χ2n) is 9.58. The summed E-state index contributed by atoms with van der Waals surface area (Å²) in [6.45, 7) is 3.20. The zero-order chi connectivity index (χ0) is 25.4. The van der Waals surface area contributed by atoms with Crippen molar-refractivity contribution in [1.29, 1.82) is 5.26 Å². The molecule has 0 bridgehead atoms. The molecule has 2 aromatic heterocycles. The molecule has 9 heteroatoms. The minimum atomic E-state index is -0.195. The Hall–Kier alpha value is -4.29. The van der Waals surface area contributed by atoms with Gasteiger partial charge in [-0.1, -0.05) is 36.4 Å². The first kappa shape index (κ1) is 23.1.